The molecule has 0 aromatic carbocycles. The summed E-state index contributed by atoms with van der Waals surface area (Å²) in [5.74, 6) is 0.348. The fourth-order valence-electron chi connectivity index (χ4n) is 1.51. The maximum Gasteiger partial charge on any atom is 0.243 e. The van der Waals surface area contributed by atoms with Crippen molar-refractivity contribution in [1.29, 1.82) is 0 Å². The molecule has 18 heavy (non-hydrogen) atoms. The Morgan fingerprint density at radius 1 is 1.44 bits per heavy atom. The Labute approximate surface area is 106 Å². The molecule has 0 aliphatic rings. The fraction of sp³-hybridized carbons (Fsp3) is 0.0909. The number of hydrogen-bond acceptors (Lipinski definition) is 6. The summed E-state index contributed by atoms with van der Waals surface area (Å²) in [6.45, 7) is 1.45. The van der Waals surface area contributed by atoms with Gasteiger partial charge in [0.05, 0.1) is 34.5 Å². The first kappa shape index (κ1) is 10.8. The predicted molar refractivity (Wildman–Crippen MR) is 69.2 cm³/mol. The van der Waals surface area contributed by atoms with Crippen LogP contribution in [0.5, 0.6) is 0 Å². The van der Waals surface area contributed by atoms with Gasteiger partial charge in [-0.15, -0.1) is 11.3 Å². The Morgan fingerprint density at radius 2 is 2.33 bits per heavy atom. The smallest absolute Gasteiger partial charge is 0.243 e. The van der Waals surface area contributed by atoms with Crippen LogP contribution in [0.2, 0.25) is 0 Å². The number of carbonyl (C=O) groups excluding carboxylic acids is 1. The lowest BCUT2D eigenvalue weighted by Crippen LogP contribution is -2.05. The van der Waals surface area contributed by atoms with Gasteiger partial charge in [0.2, 0.25) is 11.9 Å². The SMILES string of the molecule is CC(=O)n1cc(Nc2ncc3sccc3n2)cn1. The lowest BCUT2D eigenvalue weighted by molar-refractivity contribution is 0.0921. The van der Waals surface area contributed by atoms with E-state index in [1.165, 1.54) is 11.6 Å². The molecule has 3 aromatic rings. The molecule has 0 fully saturated rings. The third-order valence-electron chi connectivity index (χ3n) is 2.37. The Balaban J connectivity index is 1.88. The first-order valence-corrected chi connectivity index (χ1v) is 6.13. The van der Waals surface area contributed by atoms with Gasteiger partial charge in [-0.2, -0.15) is 5.10 Å². The largest absolute Gasteiger partial charge is 0.321 e. The molecular weight excluding hydrogens is 250 g/mol. The van der Waals surface area contributed by atoms with Crippen molar-refractivity contribution in [3.05, 3.63) is 30.0 Å². The number of aromatic nitrogens is 4. The summed E-state index contributed by atoms with van der Waals surface area (Å²) in [5, 5.41) is 8.89. The molecule has 0 bridgehead atoms. The van der Waals surface area contributed by atoms with E-state index in [9.17, 15) is 4.79 Å². The van der Waals surface area contributed by atoms with E-state index < -0.39 is 0 Å². The number of hydrogen-bond donors (Lipinski definition) is 1. The molecule has 0 unspecified atom stereocenters. The zero-order chi connectivity index (χ0) is 12.5. The molecule has 0 aliphatic carbocycles. The van der Waals surface area contributed by atoms with E-state index in [-0.39, 0.29) is 5.91 Å². The Morgan fingerprint density at radius 3 is 3.11 bits per heavy atom. The highest BCUT2D eigenvalue weighted by Gasteiger charge is 2.05. The first-order chi connectivity index (χ1) is 8.72. The maximum absolute atomic E-state index is 11.1. The fourth-order valence-corrected chi connectivity index (χ4v) is 2.21. The highest BCUT2D eigenvalue weighted by molar-refractivity contribution is 7.17. The summed E-state index contributed by atoms with van der Waals surface area (Å²) in [4.78, 5) is 19.6. The summed E-state index contributed by atoms with van der Waals surface area (Å²) in [5.41, 5.74) is 1.58. The van der Waals surface area contributed by atoms with E-state index in [0.29, 0.717) is 11.6 Å². The molecule has 1 N–H and O–H groups in total. The monoisotopic (exact) mass is 259 g/mol. The lowest BCUT2D eigenvalue weighted by Gasteiger charge is -2.00. The maximum atomic E-state index is 11.1. The molecular formula is C11H9N5OS. The highest BCUT2D eigenvalue weighted by atomic mass is 32.1. The number of fused-ring (bicyclic) bond motifs is 1. The summed E-state index contributed by atoms with van der Waals surface area (Å²) in [6.07, 6.45) is 4.93. The van der Waals surface area contributed by atoms with Gasteiger partial charge in [0.15, 0.2) is 0 Å². The molecule has 3 rings (SSSR count). The molecule has 7 heteroatoms. The third kappa shape index (κ3) is 1.95. The normalized spacial score (nSPS) is 10.7. The van der Waals surface area contributed by atoms with Crippen molar-refractivity contribution in [2.45, 2.75) is 6.92 Å². The van der Waals surface area contributed by atoms with Crippen molar-refractivity contribution in [3.8, 4) is 0 Å². The van der Waals surface area contributed by atoms with Gasteiger partial charge in [0.25, 0.3) is 0 Å². The Kier molecular flexibility index (Phi) is 2.52. The van der Waals surface area contributed by atoms with Crippen LogP contribution in [0.1, 0.15) is 11.7 Å². The topological polar surface area (TPSA) is 72.7 Å². The van der Waals surface area contributed by atoms with Crippen LogP contribution in [0, 0.1) is 0 Å². The predicted octanol–water partition coefficient (Wildman–Crippen LogP) is 2.29. The second-order valence-corrected chi connectivity index (χ2v) is 4.63. The van der Waals surface area contributed by atoms with E-state index >= 15 is 0 Å². The van der Waals surface area contributed by atoms with Crippen LogP contribution < -0.4 is 5.32 Å². The second-order valence-electron chi connectivity index (χ2n) is 3.68. The molecule has 0 saturated carbocycles. The molecule has 3 heterocycles. The molecule has 0 radical (unpaired) electrons. The van der Waals surface area contributed by atoms with Gasteiger partial charge in [-0.3, -0.25) is 4.79 Å². The van der Waals surface area contributed by atoms with Crippen LogP contribution in [0.25, 0.3) is 10.2 Å². The molecule has 90 valence electrons. The van der Waals surface area contributed by atoms with Gasteiger partial charge in [-0.05, 0) is 11.4 Å². The van der Waals surface area contributed by atoms with E-state index in [4.69, 9.17) is 0 Å². The molecule has 6 nitrogen and oxygen atoms in total. The van der Waals surface area contributed by atoms with Crippen molar-refractivity contribution in [3.63, 3.8) is 0 Å². The average Bonchev–Trinajstić information content (AvgIpc) is 2.96. The van der Waals surface area contributed by atoms with Crippen LogP contribution >= 0.6 is 11.3 Å². The molecule has 0 spiro atoms. The van der Waals surface area contributed by atoms with Gasteiger partial charge >= 0.3 is 0 Å². The van der Waals surface area contributed by atoms with Crippen molar-refractivity contribution >= 4 is 39.1 Å². The van der Waals surface area contributed by atoms with E-state index in [0.717, 1.165) is 10.2 Å². The quantitative estimate of drug-likeness (QED) is 0.764. The minimum absolute atomic E-state index is 0.141. The van der Waals surface area contributed by atoms with Gasteiger partial charge in [-0.25, -0.2) is 14.6 Å². The summed E-state index contributed by atoms with van der Waals surface area (Å²) in [6, 6.07) is 1.94. The zero-order valence-corrected chi connectivity index (χ0v) is 10.3. The number of anilines is 2. The van der Waals surface area contributed by atoms with Crippen molar-refractivity contribution < 1.29 is 4.79 Å². The van der Waals surface area contributed by atoms with Crippen LogP contribution in [-0.2, 0) is 0 Å². The van der Waals surface area contributed by atoms with Crippen LogP contribution in [0.3, 0.4) is 0 Å². The number of nitrogens with one attached hydrogen (secondary N) is 1. The number of carbonyl (C=O) groups is 1. The zero-order valence-electron chi connectivity index (χ0n) is 9.49. The Hall–Kier alpha value is -2.28. The second kappa shape index (κ2) is 4.19. The third-order valence-corrected chi connectivity index (χ3v) is 3.21. The Bertz CT molecular complexity index is 717. The van der Waals surface area contributed by atoms with Crippen molar-refractivity contribution in [2.24, 2.45) is 0 Å². The standard InChI is InChI=1S/C11H9N5OS/c1-7(17)16-6-8(4-13-16)14-11-12-5-10-9(15-11)2-3-18-10/h2-6H,1H3,(H,12,14,15). The number of nitrogens with zero attached hydrogens (tertiary/aromatic N) is 4. The van der Waals surface area contributed by atoms with Gasteiger partial charge in [0, 0.05) is 6.92 Å². The molecule has 0 atom stereocenters. The van der Waals surface area contributed by atoms with Crippen molar-refractivity contribution in [2.75, 3.05) is 5.32 Å². The molecule has 3 aromatic heterocycles. The molecule has 0 amide bonds. The van der Waals surface area contributed by atoms with E-state index in [2.05, 4.69) is 20.4 Å². The minimum Gasteiger partial charge on any atom is -0.321 e. The van der Waals surface area contributed by atoms with Crippen LogP contribution in [0.4, 0.5) is 11.6 Å². The lowest BCUT2D eigenvalue weighted by atomic mass is 10.5. The van der Waals surface area contributed by atoms with Crippen molar-refractivity contribution in [1.82, 2.24) is 19.7 Å². The summed E-state index contributed by atoms with van der Waals surface area (Å²) in [7, 11) is 0. The molecule has 0 aliphatic heterocycles. The number of thiophene rings is 1. The number of rotatable bonds is 2. The van der Waals surface area contributed by atoms with Gasteiger partial charge in [0.1, 0.15) is 0 Å². The van der Waals surface area contributed by atoms with E-state index in [1.807, 2.05) is 11.4 Å². The average molecular weight is 259 g/mol. The minimum atomic E-state index is -0.141. The van der Waals surface area contributed by atoms with E-state index in [1.54, 1.807) is 29.9 Å². The summed E-state index contributed by atoms with van der Waals surface area (Å²) < 4.78 is 2.30. The highest BCUT2D eigenvalue weighted by Crippen LogP contribution is 2.20. The van der Waals surface area contributed by atoms with Gasteiger partial charge in [-0.1, -0.05) is 0 Å². The summed E-state index contributed by atoms with van der Waals surface area (Å²) >= 11 is 1.60. The van der Waals surface area contributed by atoms with Crippen LogP contribution in [-0.4, -0.2) is 25.7 Å². The van der Waals surface area contributed by atoms with Crippen LogP contribution in [0.15, 0.2) is 30.0 Å². The van der Waals surface area contributed by atoms with Gasteiger partial charge < -0.3 is 5.32 Å². The molecule has 0 saturated heterocycles. The first-order valence-electron chi connectivity index (χ1n) is 5.25.